The van der Waals surface area contributed by atoms with Crippen molar-refractivity contribution < 1.29 is 13.3 Å². The summed E-state index contributed by atoms with van der Waals surface area (Å²) in [4.78, 5) is 4.24. The van der Waals surface area contributed by atoms with Crippen molar-refractivity contribution in [3.05, 3.63) is 71.9 Å². The maximum atomic E-state index is 13.2. The van der Waals surface area contributed by atoms with Crippen LogP contribution in [0.25, 0.3) is 23.0 Å². The lowest BCUT2D eigenvalue weighted by atomic mass is 10.2. The zero-order valence-electron chi connectivity index (χ0n) is 12.8. The van der Waals surface area contributed by atoms with Crippen LogP contribution in [0.15, 0.2) is 59.3 Å². The fourth-order valence-corrected chi connectivity index (χ4v) is 2.34. The number of rotatable bonds is 4. The van der Waals surface area contributed by atoms with Gasteiger partial charge in [0, 0.05) is 5.56 Å². The Balaban J connectivity index is 1.55. The zero-order valence-corrected chi connectivity index (χ0v) is 12.8. The fourth-order valence-electron chi connectivity index (χ4n) is 2.34. The van der Waals surface area contributed by atoms with Crippen molar-refractivity contribution in [1.82, 2.24) is 25.1 Å². The molecule has 8 heteroatoms. The quantitative estimate of drug-likeness (QED) is 0.570. The molecule has 0 spiro atoms. The van der Waals surface area contributed by atoms with Crippen molar-refractivity contribution in [2.24, 2.45) is 0 Å². The van der Waals surface area contributed by atoms with Gasteiger partial charge in [-0.05, 0) is 42.0 Å². The fraction of sp³-hybridized carbons (Fsp3) is 0.0588. The number of benzene rings is 2. The molecule has 2 aromatic heterocycles. The third kappa shape index (κ3) is 3.27. The Labute approximate surface area is 140 Å². The normalized spacial score (nSPS) is 11.0. The lowest BCUT2D eigenvalue weighted by Crippen LogP contribution is -2.00. The Morgan fingerprint density at radius 2 is 1.84 bits per heavy atom. The van der Waals surface area contributed by atoms with E-state index in [2.05, 4.69) is 20.5 Å². The molecule has 0 unspecified atom stereocenters. The van der Waals surface area contributed by atoms with E-state index in [-0.39, 0.29) is 23.3 Å². The van der Waals surface area contributed by atoms with Gasteiger partial charge in [-0.25, -0.2) is 13.5 Å². The van der Waals surface area contributed by atoms with E-state index in [4.69, 9.17) is 4.52 Å². The summed E-state index contributed by atoms with van der Waals surface area (Å²) >= 11 is 0. The van der Waals surface area contributed by atoms with Crippen LogP contribution >= 0.6 is 0 Å². The molecule has 0 saturated heterocycles. The molecule has 2 aromatic carbocycles. The highest BCUT2D eigenvalue weighted by Crippen LogP contribution is 2.21. The van der Waals surface area contributed by atoms with Gasteiger partial charge in [0.05, 0.1) is 12.7 Å². The maximum Gasteiger partial charge on any atom is 0.258 e. The molecule has 4 rings (SSSR count). The van der Waals surface area contributed by atoms with Gasteiger partial charge in [0.2, 0.25) is 5.82 Å². The van der Waals surface area contributed by atoms with Gasteiger partial charge >= 0.3 is 0 Å². The van der Waals surface area contributed by atoms with Crippen LogP contribution in [0.4, 0.5) is 8.78 Å². The molecule has 124 valence electrons. The van der Waals surface area contributed by atoms with Gasteiger partial charge in [0.25, 0.3) is 5.89 Å². The minimum atomic E-state index is -0.344. The Morgan fingerprint density at radius 1 is 1.00 bits per heavy atom. The first-order valence-corrected chi connectivity index (χ1v) is 7.42. The highest BCUT2D eigenvalue weighted by molar-refractivity contribution is 5.56. The maximum absolute atomic E-state index is 13.2. The van der Waals surface area contributed by atoms with E-state index in [0.29, 0.717) is 17.8 Å². The lowest BCUT2D eigenvalue weighted by molar-refractivity contribution is 0.432. The number of hydrogen-bond donors (Lipinski definition) is 0. The topological polar surface area (TPSA) is 69.6 Å². The second-order valence-corrected chi connectivity index (χ2v) is 5.36. The largest absolute Gasteiger partial charge is 0.334 e. The second-order valence-electron chi connectivity index (χ2n) is 5.36. The van der Waals surface area contributed by atoms with Crippen LogP contribution in [0.2, 0.25) is 0 Å². The molecule has 0 fully saturated rings. The molecule has 0 N–H and O–H groups in total. The highest BCUT2D eigenvalue weighted by atomic mass is 19.1. The Morgan fingerprint density at radius 3 is 2.64 bits per heavy atom. The van der Waals surface area contributed by atoms with Crippen LogP contribution in [-0.2, 0) is 6.54 Å². The van der Waals surface area contributed by atoms with E-state index in [1.165, 1.54) is 24.3 Å². The third-order valence-electron chi connectivity index (χ3n) is 3.52. The van der Waals surface area contributed by atoms with Crippen LogP contribution in [-0.4, -0.2) is 25.1 Å². The molecule has 0 aliphatic carbocycles. The molecule has 4 aromatic rings. The van der Waals surface area contributed by atoms with Crippen molar-refractivity contribution >= 4 is 0 Å². The lowest BCUT2D eigenvalue weighted by Gasteiger charge is -2.00. The molecular weight excluding hydrogens is 328 g/mol. The molecule has 0 bridgehead atoms. The van der Waals surface area contributed by atoms with Gasteiger partial charge in [-0.15, -0.1) is 5.10 Å². The summed E-state index contributed by atoms with van der Waals surface area (Å²) < 4.78 is 32.9. The number of aromatic nitrogens is 5. The molecule has 0 radical (unpaired) electrons. The highest BCUT2D eigenvalue weighted by Gasteiger charge is 2.14. The number of halogens is 2. The first-order chi connectivity index (χ1) is 12.2. The van der Waals surface area contributed by atoms with Crippen LogP contribution in [0, 0.1) is 11.6 Å². The first-order valence-electron chi connectivity index (χ1n) is 7.42. The van der Waals surface area contributed by atoms with Gasteiger partial charge in [-0.2, -0.15) is 4.98 Å². The Hall–Kier alpha value is -3.42. The zero-order chi connectivity index (χ0) is 17.2. The van der Waals surface area contributed by atoms with Crippen molar-refractivity contribution in [2.45, 2.75) is 6.54 Å². The van der Waals surface area contributed by atoms with Gasteiger partial charge in [-0.3, -0.25) is 0 Å². The summed E-state index contributed by atoms with van der Waals surface area (Å²) in [6, 6.07) is 12.0. The molecule has 0 aliphatic heterocycles. The molecule has 0 saturated carbocycles. The van der Waals surface area contributed by atoms with E-state index < -0.39 is 0 Å². The van der Waals surface area contributed by atoms with Crippen molar-refractivity contribution in [1.29, 1.82) is 0 Å². The van der Waals surface area contributed by atoms with Crippen molar-refractivity contribution in [2.75, 3.05) is 0 Å². The van der Waals surface area contributed by atoms with Crippen LogP contribution in [0.1, 0.15) is 5.56 Å². The summed E-state index contributed by atoms with van der Waals surface area (Å²) in [5.74, 6) is -0.122. The Bertz CT molecular complexity index is 1010. The van der Waals surface area contributed by atoms with Gasteiger partial charge in [0.15, 0.2) is 5.69 Å². The summed E-state index contributed by atoms with van der Waals surface area (Å²) in [5, 5.41) is 11.8. The average molecular weight is 339 g/mol. The smallest absolute Gasteiger partial charge is 0.258 e. The summed E-state index contributed by atoms with van der Waals surface area (Å²) in [6.45, 7) is 0.368. The third-order valence-corrected chi connectivity index (χ3v) is 3.52. The van der Waals surface area contributed by atoms with E-state index in [0.717, 1.165) is 5.56 Å². The van der Waals surface area contributed by atoms with E-state index >= 15 is 0 Å². The minimum Gasteiger partial charge on any atom is -0.334 e. The van der Waals surface area contributed by atoms with Crippen molar-refractivity contribution in [3.8, 4) is 23.0 Å². The van der Waals surface area contributed by atoms with Crippen LogP contribution < -0.4 is 0 Å². The van der Waals surface area contributed by atoms with Crippen LogP contribution in [0.5, 0.6) is 0 Å². The standard InChI is InChI=1S/C17H11F2N5O/c18-13-6-4-12(5-7-13)17-20-16(22-25-17)15-10-24(23-21-15)9-11-2-1-3-14(19)8-11/h1-8,10H,9H2. The minimum absolute atomic E-state index is 0.259. The van der Waals surface area contributed by atoms with E-state index in [1.807, 2.05) is 0 Å². The molecule has 0 atom stereocenters. The first kappa shape index (κ1) is 15.1. The number of hydrogen-bond acceptors (Lipinski definition) is 5. The van der Waals surface area contributed by atoms with Crippen molar-refractivity contribution in [3.63, 3.8) is 0 Å². The predicted molar refractivity (Wildman–Crippen MR) is 84.2 cm³/mol. The molecule has 0 aliphatic rings. The predicted octanol–water partition coefficient (Wildman–Crippen LogP) is 3.32. The van der Waals surface area contributed by atoms with E-state index in [1.54, 1.807) is 35.1 Å². The number of nitrogens with zero attached hydrogens (tertiary/aromatic N) is 5. The van der Waals surface area contributed by atoms with Gasteiger partial charge < -0.3 is 4.52 Å². The molecule has 25 heavy (non-hydrogen) atoms. The molecule has 6 nitrogen and oxygen atoms in total. The van der Waals surface area contributed by atoms with Gasteiger partial charge in [-0.1, -0.05) is 22.5 Å². The van der Waals surface area contributed by atoms with Crippen LogP contribution in [0.3, 0.4) is 0 Å². The molecule has 2 heterocycles. The Kier molecular flexibility index (Phi) is 3.77. The summed E-state index contributed by atoms with van der Waals surface area (Å²) in [5.41, 5.74) is 1.79. The van der Waals surface area contributed by atoms with E-state index in [9.17, 15) is 8.78 Å². The average Bonchev–Trinajstić information content (AvgIpc) is 3.25. The summed E-state index contributed by atoms with van der Waals surface area (Å²) in [6.07, 6.45) is 1.64. The molecule has 0 amide bonds. The SMILES string of the molecule is Fc1ccc(-c2nc(-c3cn(Cc4cccc(F)c4)nn3)no2)cc1. The van der Waals surface area contributed by atoms with Gasteiger partial charge in [0.1, 0.15) is 11.6 Å². The molecular formula is C17H11F2N5O. The second kappa shape index (κ2) is 6.23. The summed E-state index contributed by atoms with van der Waals surface area (Å²) in [7, 11) is 0. The monoisotopic (exact) mass is 339 g/mol.